The van der Waals surface area contributed by atoms with E-state index in [0.717, 1.165) is 5.75 Å². The molecule has 0 aliphatic heterocycles. The number of nitrogens with zero attached hydrogens (tertiary/aromatic N) is 3. The van der Waals surface area contributed by atoms with Crippen molar-refractivity contribution in [3.05, 3.63) is 48.3 Å². The van der Waals surface area contributed by atoms with Crippen LogP contribution in [0, 0.1) is 0 Å². The number of anilines is 1. The largest absolute Gasteiger partial charge is 0.324 e. The van der Waals surface area contributed by atoms with Gasteiger partial charge in [0, 0.05) is 25.0 Å². The van der Waals surface area contributed by atoms with E-state index in [9.17, 15) is 4.79 Å². The Balaban J connectivity index is 1.93. The minimum Gasteiger partial charge on any atom is -0.324 e. The maximum absolute atomic E-state index is 12.2. The third-order valence-corrected chi connectivity index (χ3v) is 4.28. The van der Waals surface area contributed by atoms with Gasteiger partial charge in [-0.05, 0) is 18.7 Å². The smallest absolute Gasteiger partial charge is 0.321 e. The zero-order chi connectivity index (χ0) is 15.9. The van der Waals surface area contributed by atoms with Crippen LogP contribution in [0.1, 0.15) is 12.5 Å². The van der Waals surface area contributed by atoms with E-state index in [1.165, 1.54) is 5.56 Å². The van der Waals surface area contributed by atoms with E-state index in [1.807, 2.05) is 49.3 Å². The third kappa shape index (κ3) is 4.53. The van der Waals surface area contributed by atoms with E-state index in [4.69, 9.17) is 0 Å². The molecule has 0 spiro atoms. The minimum absolute atomic E-state index is 0.110. The highest BCUT2D eigenvalue weighted by Crippen LogP contribution is 2.10. The normalized spacial score (nSPS) is 12.0. The van der Waals surface area contributed by atoms with Crippen LogP contribution in [-0.4, -0.2) is 45.8 Å². The molecule has 1 atom stereocenters. The van der Waals surface area contributed by atoms with Crippen LogP contribution in [0.15, 0.2) is 42.7 Å². The molecule has 1 unspecified atom stereocenters. The Bertz CT molecular complexity index is 599. The molecule has 5 nitrogen and oxygen atoms in total. The number of hydrogen-bond donors (Lipinski definition) is 1. The second kappa shape index (κ2) is 7.89. The lowest BCUT2D eigenvalue weighted by atomic mass is 10.2. The molecule has 1 heterocycles. The molecule has 6 heteroatoms. The summed E-state index contributed by atoms with van der Waals surface area (Å²) in [5.74, 6) is 0.914. The summed E-state index contributed by atoms with van der Waals surface area (Å²) in [7, 11) is 1.81. The van der Waals surface area contributed by atoms with Crippen molar-refractivity contribution in [3.63, 3.8) is 0 Å². The molecular weight excluding hydrogens is 296 g/mol. The zero-order valence-corrected chi connectivity index (χ0v) is 14.0. The SMILES string of the molecule is CSCC(C)N(C)C(=O)Nc1cnn(Cc2ccccc2)c1. The van der Waals surface area contributed by atoms with Crippen LogP contribution in [0.3, 0.4) is 0 Å². The van der Waals surface area contributed by atoms with Crippen molar-refractivity contribution in [1.29, 1.82) is 0 Å². The molecule has 2 aromatic rings. The predicted octanol–water partition coefficient (Wildman–Crippen LogP) is 3.15. The summed E-state index contributed by atoms with van der Waals surface area (Å²) < 4.78 is 1.82. The molecule has 0 saturated carbocycles. The Labute approximate surface area is 135 Å². The van der Waals surface area contributed by atoms with E-state index in [-0.39, 0.29) is 12.1 Å². The first-order valence-corrected chi connectivity index (χ1v) is 8.58. The second-order valence-electron chi connectivity index (χ2n) is 5.26. The maximum atomic E-state index is 12.2. The van der Waals surface area contributed by atoms with Gasteiger partial charge in [-0.3, -0.25) is 4.68 Å². The number of thioether (sulfide) groups is 1. The predicted molar refractivity (Wildman–Crippen MR) is 92.4 cm³/mol. The van der Waals surface area contributed by atoms with E-state index >= 15 is 0 Å². The summed E-state index contributed by atoms with van der Waals surface area (Å²) in [5, 5.41) is 7.17. The van der Waals surface area contributed by atoms with Crippen LogP contribution >= 0.6 is 11.8 Å². The van der Waals surface area contributed by atoms with E-state index in [1.54, 1.807) is 22.9 Å². The van der Waals surface area contributed by atoms with Crippen LogP contribution in [0.25, 0.3) is 0 Å². The van der Waals surface area contributed by atoms with Crippen molar-refractivity contribution in [1.82, 2.24) is 14.7 Å². The molecule has 0 aliphatic rings. The fourth-order valence-corrected chi connectivity index (χ4v) is 2.76. The standard InChI is InChI=1S/C16H22N4OS/c1-13(12-22-3)19(2)16(21)18-15-9-17-20(11-15)10-14-7-5-4-6-8-14/h4-9,11,13H,10,12H2,1-3H3,(H,18,21). The van der Waals surface area contributed by atoms with Crippen LogP contribution in [0.2, 0.25) is 0 Å². The quantitative estimate of drug-likeness (QED) is 0.890. The van der Waals surface area contributed by atoms with Gasteiger partial charge < -0.3 is 10.2 Å². The Morgan fingerprint density at radius 1 is 1.41 bits per heavy atom. The maximum Gasteiger partial charge on any atom is 0.321 e. The van der Waals surface area contributed by atoms with Gasteiger partial charge in [0.1, 0.15) is 0 Å². The minimum atomic E-state index is -0.110. The van der Waals surface area contributed by atoms with Crippen molar-refractivity contribution in [2.45, 2.75) is 19.5 Å². The molecule has 0 radical (unpaired) electrons. The number of benzene rings is 1. The van der Waals surface area contributed by atoms with E-state index in [0.29, 0.717) is 12.2 Å². The molecule has 1 aromatic carbocycles. The van der Waals surface area contributed by atoms with Gasteiger partial charge in [0.25, 0.3) is 0 Å². The number of urea groups is 1. The number of nitrogens with one attached hydrogen (secondary N) is 1. The highest BCUT2D eigenvalue weighted by Gasteiger charge is 2.15. The summed E-state index contributed by atoms with van der Waals surface area (Å²) in [4.78, 5) is 13.9. The number of carbonyl (C=O) groups is 1. The molecule has 1 N–H and O–H groups in total. The van der Waals surface area contributed by atoms with Crippen LogP contribution in [0.5, 0.6) is 0 Å². The molecule has 0 saturated heterocycles. The van der Waals surface area contributed by atoms with Gasteiger partial charge in [0.15, 0.2) is 0 Å². The molecule has 22 heavy (non-hydrogen) atoms. The van der Waals surface area contributed by atoms with Crippen molar-refractivity contribution < 1.29 is 4.79 Å². The zero-order valence-electron chi connectivity index (χ0n) is 13.2. The van der Waals surface area contributed by atoms with E-state index in [2.05, 4.69) is 22.5 Å². The lowest BCUT2D eigenvalue weighted by molar-refractivity contribution is 0.212. The lowest BCUT2D eigenvalue weighted by Crippen LogP contribution is -2.39. The van der Waals surface area contributed by atoms with Gasteiger partial charge in [-0.25, -0.2) is 4.79 Å². The van der Waals surface area contributed by atoms with Crippen molar-refractivity contribution in [2.24, 2.45) is 0 Å². The second-order valence-corrected chi connectivity index (χ2v) is 6.17. The summed E-state index contributed by atoms with van der Waals surface area (Å²) in [6.45, 7) is 2.73. The Kier molecular flexibility index (Phi) is 5.89. The topological polar surface area (TPSA) is 50.2 Å². The molecule has 0 fully saturated rings. The molecule has 0 aliphatic carbocycles. The highest BCUT2D eigenvalue weighted by molar-refractivity contribution is 7.98. The third-order valence-electron chi connectivity index (χ3n) is 3.46. The summed E-state index contributed by atoms with van der Waals surface area (Å²) in [6, 6.07) is 10.2. The van der Waals surface area contributed by atoms with Gasteiger partial charge in [0.2, 0.25) is 0 Å². The van der Waals surface area contributed by atoms with Gasteiger partial charge >= 0.3 is 6.03 Å². The number of rotatable bonds is 6. The average Bonchev–Trinajstić information content (AvgIpc) is 2.94. The summed E-state index contributed by atoms with van der Waals surface area (Å²) in [5.41, 5.74) is 1.89. The van der Waals surface area contributed by atoms with Crippen molar-refractivity contribution in [3.8, 4) is 0 Å². The van der Waals surface area contributed by atoms with Gasteiger partial charge in [-0.15, -0.1) is 0 Å². The van der Waals surface area contributed by atoms with Crippen LogP contribution in [0.4, 0.5) is 10.5 Å². The fourth-order valence-electron chi connectivity index (χ4n) is 2.05. The van der Waals surface area contributed by atoms with E-state index < -0.39 is 0 Å². The highest BCUT2D eigenvalue weighted by atomic mass is 32.2. The van der Waals surface area contributed by atoms with Crippen molar-refractivity contribution in [2.75, 3.05) is 24.4 Å². The first-order valence-electron chi connectivity index (χ1n) is 7.19. The number of amides is 2. The van der Waals surface area contributed by atoms with Crippen LogP contribution < -0.4 is 5.32 Å². The number of aromatic nitrogens is 2. The number of hydrogen-bond acceptors (Lipinski definition) is 3. The number of carbonyl (C=O) groups excluding carboxylic acids is 1. The molecule has 2 amide bonds. The molecule has 0 bridgehead atoms. The fraction of sp³-hybridized carbons (Fsp3) is 0.375. The summed E-state index contributed by atoms with van der Waals surface area (Å²) in [6.07, 6.45) is 5.56. The Morgan fingerprint density at radius 2 is 2.14 bits per heavy atom. The lowest BCUT2D eigenvalue weighted by Gasteiger charge is -2.24. The monoisotopic (exact) mass is 318 g/mol. The first kappa shape index (κ1) is 16.4. The average molecular weight is 318 g/mol. The molecular formula is C16H22N4OS. The van der Waals surface area contributed by atoms with Crippen molar-refractivity contribution >= 4 is 23.5 Å². The Morgan fingerprint density at radius 3 is 2.82 bits per heavy atom. The molecule has 118 valence electrons. The first-order chi connectivity index (χ1) is 10.6. The van der Waals surface area contributed by atoms with Crippen LogP contribution in [-0.2, 0) is 6.54 Å². The summed E-state index contributed by atoms with van der Waals surface area (Å²) >= 11 is 1.73. The Hall–Kier alpha value is -1.95. The van der Waals surface area contributed by atoms with Gasteiger partial charge in [-0.2, -0.15) is 16.9 Å². The van der Waals surface area contributed by atoms with Gasteiger partial charge in [-0.1, -0.05) is 30.3 Å². The molecule has 1 aromatic heterocycles. The molecule has 2 rings (SSSR count). The van der Waals surface area contributed by atoms with Gasteiger partial charge in [0.05, 0.1) is 18.4 Å².